The highest BCUT2D eigenvalue weighted by atomic mass is 32.2. The fraction of sp³-hybridized carbons (Fsp3) is 0.100. The molecule has 0 amide bonds. The summed E-state index contributed by atoms with van der Waals surface area (Å²) in [6.07, 6.45) is 0. The van der Waals surface area contributed by atoms with Crippen LogP contribution in [0.3, 0.4) is 0 Å². The van der Waals surface area contributed by atoms with Crippen molar-refractivity contribution >= 4 is 33.0 Å². The average Bonchev–Trinajstić information content (AvgIpc) is 3.23. The normalized spacial score (nSPS) is 10.6. The number of aromatic carboxylic acids is 1. The van der Waals surface area contributed by atoms with Crippen LogP contribution in [0.5, 0.6) is 5.75 Å². The van der Waals surface area contributed by atoms with E-state index in [9.17, 15) is 18.1 Å². The van der Waals surface area contributed by atoms with Crippen molar-refractivity contribution in [1.29, 1.82) is 0 Å². The summed E-state index contributed by atoms with van der Waals surface area (Å²) in [6.45, 7) is 0.0816. The zero-order chi connectivity index (χ0) is 22.4. The lowest BCUT2D eigenvalue weighted by molar-refractivity contribution is 0.0696. The molecule has 0 aliphatic rings. The Labute approximate surface area is 181 Å². The Kier molecular flexibility index (Phi) is 6.64. The summed E-state index contributed by atoms with van der Waals surface area (Å²) >= 11 is 1.06. The molecule has 2 aromatic carbocycles. The Bertz CT molecular complexity index is 1290. The number of benzene rings is 2. The summed E-state index contributed by atoms with van der Waals surface area (Å²) in [6, 6.07) is 10.7. The third-order valence-corrected chi connectivity index (χ3v) is 6.12. The van der Waals surface area contributed by atoms with Gasteiger partial charge >= 0.3 is 5.97 Å². The first kappa shape index (κ1) is 21.9. The smallest absolute Gasteiger partial charge is 0.335 e. The molecule has 0 saturated carbocycles. The number of hydrogen-bond donors (Lipinski definition) is 2. The summed E-state index contributed by atoms with van der Waals surface area (Å²) in [5.41, 5.74) is 1.48. The number of carbonyl (C=O) groups is 1. The second-order valence-corrected chi connectivity index (χ2v) is 8.54. The Hall–Kier alpha value is -3.75. The van der Waals surface area contributed by atoms with Gasteiger partial charge in [-0.25, -0.2) is 9.78 Å². The van der Waals surface area contributed by atoms with Crippen LogP contribution in [0.4, 0.5) is 5.69 Å². The van der Waals surface area contributed by atoms with Crippen molar-refractivity contribution in [3.63, 3.8) is 0 Å². The highest BCUT2D eigenvalue weighted by Crippen LogP contribution is 2.28. The van der Waals surface area contributed by atoms with Crippen LogP contribution in [0.25, 0.3) is 0 Å². The number of nitroso groups, excluding NO2 is 1. The van der Waals surface area contributed by atoms with Crippen LogP contribution in [0.2, 0.25) is 0 Å². The van der Waals surface area contributed by atoms with Gasteiger partial charge in [0.1, 0.15) is 12.3 Å². The number of nitrogens with one attached hydrogen (secondary N) is 1. The van der Waals surface area contributed by atoms with Crippen molar-refractivity contribution in [2.45, 2.75) is 11.6 Å². The van der Waals surface area contributed by atoms with Crippen molar-refractivity contribution in [1.82, 2.24) is 4.98 Å². The molecule has 158 valence electrons. The monoisotopic (exact) mass is 457 g/mol. The van der Waals surface area contributed by atoms with E-state index in [1.807, 2.05) is 0 Å². The SMILES string of the molecule is COc1cc(C(=O)O)ccc1NS(=O)(=O)c1csc(C#Cc2ccc(CN=O)cc2)n1. The first-order chi connectivity index (χ1) is 14.8. The van der Waals surface area contributed by atoms with E-state index in [1.54, 1.807) is 24.3 Å². The van der Waals surface area contributed by atoms with Gasteiger partial charge in [0.05, 0.1) is 18.4 Å². The van der Waals surface area contributed by atoms with E-state index >= 15 is 0 Å². The molecule has 1 aromatic heterocycles. The molecular formula is C20H15N3O6S2. The number of carboxylic acids is 1. The Morgan fingerprint density at radius 3 is 2.61 bits per heavy atom. The maximum Gasteiger partial charge on any atom is 0.335 e. The molecule has 0 bridgehead atoms. The van der Waals surface area contributed by atoms with Gasteiger partial charge in [-0.05, 0) is 41.8 Å². The minimum atomic E-state index is -4.04. The van der Waals surface area contributed by atoms with Crippen LogP contribution in [-0.2, 0) is 16.6 Å². The van der Waals surface area contributed by atoms with Crippen LogP contribution in [0, 0.1) is 16.7 Å². The van der Waals surface area contributed by atoms with E-state index < -0.39 is 16.0 Å². The number of nitrogens with zero attached hydrogens (tertiary/aromatic N) is 2. The number of rotatable bonds is 7. The Morgan fingerprint density at radius 2 is 1.97 bits per heavy atom. The van der Waals surface area contributed by atoms with Crippen molar-refractivity contribution in [3.05, 3.63) is 74.4 Å². The third kappa shape index (κ3) is 5.44. The lowest BCUT2D eigenvalue weighted by Crippen LogP contribution is -2.14. The van der Waals surface area contributed by atoms with E-state index in [0.717, 1.165) is 16.9 Å². The van der Waals surface area contributed by atoms with E-state index in [0.29, 0.717) is 10.6 Å². The van der Waals surface area contributed by atoms with Gasteiger partial charge in [0.15, 0.2) is 10.0 Å². The maximum atomic E-state index is 12.7. The van der Waals surface area contributed by atoms with Gasteiger partial charge in [0.2, 0.25) is 0 Å². The van der Waals surface area contributed by atoms with E-state index in [-0.39, 0.29) is 28.6 Å². The Balaban J connectivity index is 1.79. The highest BCUT2D eigenvalue weighted by Gasteiger charge is 2.20. The van der Waals surface area contributed by atoms with Gasteiger partial charge in [0, 0.05) is 10.9 Å². The molecule has 3 aromatic rings. The topological polar surface area (TPSA) is 135 Å². The molecule has 0 saturated heterocycles. The minimum absolute atomic E-state index is 0.0403. The number of methoxy groups -OCH3 is 1. The second-order valence-electron chi connectivity index (χ2n) is 6.05. The lowest BCUT2D eigenvalue weighted by atomic mass is 10.1. The number of aromatic nitrogens is 1. The van der Waals surface area contributed by atoms with Crippen molar-refractivity contribution in [3.8, 4) is 17.6 Å². The number of carboxylic acid groups (broad SMARTS) is 1. The molecule has 0 aliphatic heterocycles. The lowest BCUT2D eigenvalue weighted by Gasteiger charge is -2.11. The first-order valence-corrected chi connectivity index (χ1v) is 11.0. The van der Waals surface area contributed by atoms with Crippen LogP contribution in [0.1, 0.15) is 26.5 Å². The van der Waals surface area contributed by atoms with Gasteiger partial charge in [-0.2, -0.15) is 13.3 Å². The second kappa shape index (κ2) is 9.38. The quantitative estimate of drug-likeness (QED) is 0.410. The van der Waals surface area contributed by atoms with Gasteiger partial charge in [0.25, 0.3) is 10.0 Å². The minimum Gasteiger partial charge on any atom is -0.495 e. The summed E-state index contributed by atoms with van der Waals surface area (Å²) in [5, 5.41) is 13.3. The van der Waals surface area contributed by atoms with Crippen molar-refractivity contribution < 1.29 is 23.1 Å². The number of ether oxygens (including phenoxy) is 1. The van der Waals surface area contributed by atoms with Crippen molar-refractivity contribution in [2.75, 3.05) is 11.8 Å². The third-order valence-electron chi connectivity index (χ3n) is 3.97. The molecule has 31 heavy (non-hydrogen) atoms. The zero-order valence-corrected chi connectivity index (χ0v) is 17.7. The summed E-state index contributed by atoms with van der Waals surface area (Å²) < 4.78 is 32.7. The van der Waals surface area contributed by atoms with Crippen LogP contribution >= 0.6 is 11.3 Å². The van der Waals surface area contributed by atoms with Gasteiger partial charge in [-0.1, -0.05) is 23.2 Å². The number of sulfonamides is 1. The molecule has 0 unspecified atom stereocenters. The fourth-order valence-corrected chi connectivity index (χ4v) is 4.45. The molecule has 0 radical (unpaired) electrons. The molecular weight excluding hydrogens is 442 g/mol. The Morgan fingerprint density at radius 1 is 1.23 bits per heavy atom. The summed E-state index contributed by atoms with van der Waals surface area (Å²) in [7, 11) is -2.74. The largest absolute Gasteiger partial charge is 0.495 e. The summed E-state index contributed by atoms with van der Waals surface area (Å²) in [5.74, 6) is 4.58. The predicted octanol–water partition coefficient (Wildman–Crippen LogP) is 3.32. The van der Waals surface area contributed by atoms with E-state index in [4.69, 9.17) is 9.84 Å². The molecule has 0 spiro atoms. The molecule has 3 rings (SSSR count). The molecule has 0 aliphatic carbocycles. The van der Waals surface area contributed by atoms with Gasteiger partial charge < -0.3 is 9.84 Å². The van der Waals surface area contributed by atoms with Crippen molar-refractivity contribution in [2.24, 2.45) is 5.18 Å². The molecule has 0 fully saturated rings. The molecule has 1 heterocycles. The fourth-order valence-electron chi connectivity index (χ4n) is 2.44. The van der Waals surface area contributed by atoms with E-state index in [1.165, 1.54) is 30.7 Å². The van der Waals surface area contributed by atoms with Crippen LogP contribution < -0.4 is 9.46 Å². The van der Waals surface area contributed by atoms with E-state index in [2.05, 4.69) is 26.7 Å². The first-order valence-electron chi connectivity index (χ1n) is 8.62. The number of hydrogen-bond acceptors (Lipinski definition) is 8. The molecule has 2 N–H and O–H groups in total. The number of thiazole rings is 1. The van der Waals surface area contributed by atoms with Gasteiger partial charge in [-0.15, -0.1) is 11.3 Å². The molecule has 9 nitrogen and oxygen atoms in total. The zero-order valence-electron chi connectivity index (χ0n) is 16.0. The number of anilines is 1. The van der Waals surface area contributed by atoms with Crippen LogP contribution in [-0.4, -0.2) is 31.6 Å². The van der Waals surface area contributed by atoms with Gasteiger partial charge in [-0.3, -0.25) is 4.72 Å². The van der Waals surface area contributed by atoms with Crippen LogP contribution in [0.15, 0.2) is 58.0 Å². The molecule has 0 atom stereocenters. The summed E-state index contributed by atoms with van der Waals surface area (Å²) in [4.78, 5) is 25.4. The maximum absolute atomic E-state index is 12.7. The predicted molar refractivity (Wildman–Crippen MR) is 115 cm³/mol. The average molecular weight is 457 g/mol. The highest BCUT2D eigenvalue weighted by molar-refractivity contribution is 7.92. The molecule has 11 heteroatoms. The standard InChI is InChI=1S/C20H15N3O6S2/c1-29-17-10-15(20(24)25)7-8-16(17)23-31(27,28)19-12-30-18(22-19)9-6-13-2-4-14(5-3-13)11-21-26/h2-5,7-8,10,12,23H,11H2,1H3,(H,24,25).